The molecule has 1 amide bonds. The molecular formula is C21H29N3OS. The van der Waals surface area contributed by atoms with E-state index in [-0.39, 0.29) is 5.91 Å². The summed E-state index contributed by atoms with van der Waals surface area (Å²) < 4.78 is 0. The molecule has 0 aromatic carbocycles. The fourth-order valence-electron chi connectivity index (χ4n) is 6.54. The molecule has 0 radical (unpaired) electrons. The molecule has 5 heteroatoms. The minimum Gasteiger partial charge on any atom is -0.339 e. The van der Waals surface area contributed by atoms with Crippen molar-refractivity contribution < 1.29 is 4.79 Å². The molecule has 26 heavy (non-hydrogen) atoms. The second-order valence-corrected chi connectivity index (χ2v) is 9.96. The van der Waals surface area contributed by atoms with Gasteiger partial charge in [-0.3, -0.25) is 9.69 Å². The van der Waals surface area contributed by atoms with Gasteiger partial charge in [-0.25, -0.2) is 4.98 Å². The zero-order valence-corrected chi connectivity index (χ0v) is 16.3. The molecular weight excluding hydrogens is 342 g/mol. The Morgan fingerprint density at radius 3 is 2.27 bits per heavy atom. The minimum atomic E-state index is 0.269. The SMILES string of the molecule is O=C(CSc1ccccn1)N1CCN(C23CC4CC(CC(C4)C2)C3)CC1. The Hall–Kier alpha value is -1.07. The number of hydrogen-bond acceptors (Lipinski definition) is 4. The van der Waals surface area contributed by atoms with Gasteiger partial charge in [0.05, 0.1) is 10.8 Å². The van der Waals surface area contributed by atoms with Crippen LogP contribution < -0.4 is 0 Å². The van der Waals surface area contributed by atoms with Gasteiger partial charge in [-0.05, 0) is 68.4 Å². The maximum atomic E-state index is 12.6. The number of pyridine rings is 1. The van der Waals surface area contributed by atoms with Crippen molar-refractivity contribution in [3.63, 3.8) is 0 Å². The van der Waals surface area contributed by atoms with Gasteiger partial charge in [0.1, 0.15) is 0 Å². The number of carbonyl (C=O) groups excluding carboxylic acids is 1. The third kappa shape index (κ3) is 3.18. The molecule has 0 unspecified atom stereocenters. The van der Waals surface area contributed by atoms with Crippen molar-refractivity contribution in [3.8, 4) is 0 Å². The van der Waals surface area contributed by atoms with Crippen LogP contribution in [0.5, 0.6) is 0 Å². The molecule has 4 aliphatic carbocycles. The summed E-state index contributed by atoms with van der Waals surface area (Å²) in [5, 5.41) is 0.938. The maximum Gasteiger partial charge on any atom is 0.233 e. The Kier molecular flexibility index (Phi) is 4.48. The standard InChI is InChI=1S/C21H29N3OS/c25-20(15-26-19-3-1-2-4-22-19)23-5-7-24(8-6-23)21-12-16-9-17(13-21)11-18(10-16)14-21/h1-4,16-18H,5-15H2. The molecule has 0 atom stereocenters. The van der Waals surface area contributed by atoms with Crippen molar-refractivity contribution in [2.45, 2.75) is 49.1 Å². The van der Waals surface area contributed by atoms with Gasteiger partial charge in [-0.15, -0.1) is 0 Å². The van der Waals surface area contributed by atoms with Crippen LogP contribution >= 0.6 is 11.8 Å². The van der Waals surface area contributed by atoms with E-state index in [1.807, 2.05) is 18.2 Å². The average molecular weight is 372 g/mol. The number of rotatable bonds is 4. The molecule has 6 rings (SSSR count). The second kappa shape index (κ2) is 6.83. The minimum absolute atomic E-state index is 0.269. The highest BCUT2D eigenvalue weighted by atomic mass is 32.2. The maximum absolute atomic E-state index is 12.6. The van der Waals surface area contributed by atoms with E-state index in [4.69, 9.17) is 0 Å². The van der Waals surface area contributed by atoms with Gasteiger partial charge >= 0.3 is 0 Å². The van der Waals surface area contributed by atoms with Crippen molar-refractivity contribution in [1.82, 2.24) is 14.8 Å². The highest BCUT2D eigenvalue weighted by Crippen LogP contribution is 2.57. The molecule has 5 fully saturated rings. The highest BCUT2D eigenvalue weighted by molar-refractivity contribution is 7.99. The molecule has 5 aliphatic rings. The lowest BCUT2D eigenvalue weighted by Crippen LogP contribution is -2.64. The Balaban J connectivity index is 1.16. The molecule has 1 saturated heterocycles. The summed E-state index contributed by atoms with van der Waals surface area (Å²) in [6, 6.07) is 5.86. The Bertz CT molecular complexity index is 621. The molecule has 4 saturated carbocycles. The van der Waals surface area contributed by atoms with Crippen LogP contribution in [-0.4, -0.2) is 58.2 Å². The monoisotopic (exact) mass is 371 g/mol. The van der Waals surface area contributed by atoms with Gasteiger partial charge in [0.2, 0.25) is 5.91 Å². The number of amides is 1. The lowest BCUT2D eigenvalue weighted by atomic mass is 9.52. The molecule has 4 nitrogen and oxygen atoms in total. The van der Waals surface area contributed by atoms with Gasteiger partial charge in [0.25, 0.3) is 0 Å². The summed E-state index contributed by atoms with van der Waals surface area (Å²) >= 11 is 1.55. The van der Waals surface area contributed by atoms with Crippen LogP contribution in [0.15, 0.2) is 29.4 Å². The van der Waals surface area contributed by atoms with Crippen molar-refractivity contribution in [2.75, 3.05) is 31.9 Å². The van der Waals surface area contributed by atoms with Crippen LogP contribution in [0.25, 0.3) is 0 Å². The summed E-state index contributed by atoms with van der Waals surface area (Å²) in [6.07, 6.45) is 10.6. The number of thioether (sulfide) groups is 1. The Labute approximate surface area is 160 Å². The van der Waals surface area contributed by atoms with E-state index in [0.29, 0.717) is 11.3 Å². The largest absolute Gasteiger partial charge is 0.339 e. The first-order valence-corrected chi connectivity index (χ1v) is 11.3. The van der Waals surface area contributed by atoms with Gasteiger partial charge in [-0.2, -0.15) is 0 Å². The van der Waals surface area contributed by atoms with E-state index in [2.05, 4.69) is 14.8 Å². The smallest absolute Gasteiger partial charge is 0.233 e. The predicted octanol–water partition coefficient (Wildman–Crippen LogP) is 3.29. The molecule has 1 aromatic heterocycles. The number of carbonyl (C=O) groups is 1. The normalized spacial score (nSPS) is 36.5. The van der Waals surface area contributed by atoms with Gasteiger partial charge in [0, 0.05) is 37.9 Å². The number of piperazine rings is 1. The first kappa shape index (κ1) is 17.1. The summed E-state index contributed by atoms with van der Waals surface area (Å²) in [6.45, 7) is 3.96. The van der Waals surface area contributed by atoms with E-state index in [1.165, 1.54) is 38.5 Å². The predicted molar refractivity (Wildman–Crippen MR) is 104 cm³/mol. The van der Waals surface area contributed by atoms with Gasteiger partial charge in [0.15, 0.2) is 0 Å². The quantitative estimate of drug-likeness (QED) is 0.761. The van der Waals surface area contributed by atoms with Gasteiger partial charge in [-0.1, -0.05) is 17.8 Å². The first-order chi connectivity index (χ1) is 12.7. The lowest BCUT2D eigenvalue weighted by molar-refractivity contribution is -0.135. The third-order valence-corrected chi connectivity index (χ3v) is 8.22. The molecule has 1 aromatic rings. The lowest BCUT2D eigenvalue weighted by Gasteiger charge is -2.61. The van der Waals surface area contributed by atoms with E-state index in [9.17, 15) is 4.79 Å². The number of hydrogen-bond donors (Lipinski definition) is 0. The fraction of sp³-hybridized carbons (Fsp3) is 0.714. The third-order valence-electron chi connectivity index (χ3n) is 7.29. The van der Waals surface area contributed by atoms with E-state index >= 15 is 0 Å². The summed E-state index contributed by atoms with van der Waals surface area (Å²) in [5.41, 5.74) is 0.493. The molecule has 1 aliphatic heterocycles. The van der Waals surface area contributed by atoms with Crippen LogP contribution in [0.4, 0.5) is 0 Å². The van der Waals surface area contributed by atoms with Crippen LogP contribution in [0, 0.1) is 17.8 Å². The summed E-state index contributed by atoms with van der Waals surface area (Å²) in [4.78, 5) is 21.7. The molecule has 4 bridgehead atoms. The van der Waals surface area contributed by atoms with Crippen LogP contribution in [0.3, 0.4) is 0 Å². The molecule has 0 spiro atoms. The average Bonchev–Trinajstić information content (AvgIpc) is 2.66. The van der Waals surface area contributed by atoms with E-state index < -0.39 is 0 Å². The van der Waals surface area contributed by atoms with Crippen molar-refractivity contribution in [1.29, 1.82) is 0 Å². The number of aromatic nitrogens is 1. The molecule has 140 valence electrons. The molecule has 0 N–H and O–H groups in total. The van der Waals surface area contributed by atoms with Crippen molar-refractivity contribution >= 4 is 17.7 Å². The Morgan fingerprint density at radius 2 is 1.69 bits per heavy atom. The van der Waals surface area contributed by atoms with Crippen molar-refractivity contribution in [3.05, 3.63) is 24.4 Å². The van der Waals surface area contributed by atoms with E-state index in [0.717, 1.165) is 49.0 Å². The Morgan fingerprint density at radius 1 is 1.04 bits per heavy atom. The van der Waals surface area contributed by atoms with Crippen molar-refractivity contribution in [2.24, 2.45) is 17.8 Å². The number of nitrogens with zero attached hydrogens (tertiary/aromatic N) is 3. The van der Waals surface area contributed by atoms with E-state index in [1.54, 1.807) is 18.0 Å². The zero-order chi connectivity index (χ0) is 17.6. The fourth-order valence-corrected chi connectivity index (χ4v) is 7.31. The second-order valence-electron chi connectivity index (χ2n) is 8.97. The summed E-state index contributed by atoms with van der Waals surface area (Å²) in [5.74, 6) is 3.77. The summed E-state index contributed by atoms with van der Waals surface area (Å²) in [7, 11) is 0. The molecule has 2 heterocycles. The van der Waals surface area contributed by atoms with Crippen LogP contribution in [-0.2, 0) is 4.79 Å². The van der Waals surface area contributed by atoms with Gasteiger partial charge < -0.3 is 4.90 Å². The first-order valence-electron chi connectivity index (χ1n) is 10.3. The van der Waals surface area contributed by atoms with Crippen LogP contribution in [0.1, 0.15) is 38.5 Å². The topological polar surface area (TPSA) is 36.4 Å². The van der Waals surface area contributed by atoms with Crippen LogP contribution in [0.2, 0.25) is 0 Å². The zero-order valence-electron chi connectivity index (χ0n) is 15.5. The highest BCUT2D eigenvalue weighted by Gasteiger charge is 2.53.